The summed E-state index contributed by atoms with van der Waals surface area (Å²) in [5, 5.41) is 0. The minimum atomic E-state index is -3.89. The zero-order valence-electron chi connectivity index (χ0n) is 15.4. The van der Waals surface area contributed by atoms with E-state index in [0.717, 1.165) is 24.0 Å². The lowest BCUT2D eigenvalue weighted by Gasteiger charge is -2.23. The largest absolute Gasteiger partial charge is 0.464 e. The van der Waals surface area contributed by atoms with Gasteiger partial charge in [0.05, 0.1) is 16.3 Å². The van der Waals surface area contributed by atoms with Crippen LogP contribution in [-0.2, 0) is 19.6 Å². The molecular formula is C20H24BrNO4S. The summed E-state index contributed by atoms with van der Waals surface area (Å²) in [5.41, 5.74) is 1.73. The molecular weight excluding hydrogens is 430 g/mol. The first-order valence-corrected chi connectivity index (χ1v) is 11.2. The van der Waals surface area contributed by atoms with Gasteiger partial charge in [0.15, 0.2) is 0 Å². The highest BCUT2D eigenvalue weighted by Gasteiger charge is 2.33. The number of nitrogens with one attached hydrogen (secondary N) is 1. The smallest absolute Gasteiger partial charge is 0.325 e. The van der Waals surface area contributed by atoms with Crippen LogP contribution < -0.4 is 4.72 Å². The maximum atomic E-state index is 12.8. The molecule has 1 N–H and O–H groups in total. The van der Waals surface area contributed by atoms with Gasteiger partial charge in [-0.2, -0.15) is 4.72 Å². The van der Waals surface area contributed by atoms with Crippen LogP contribution in [0.25, 0.3) is 0 Å². The molecule has 2 unspecified atom stereocenters. The first-order valence-electron chi connectivity index (χ1n) is 8.80. The van der Waals surface area contributed by atoms with Crippen LogP contribution in [0.1, 0.15) is 35.7 Å². The van der Waals surface area contributed by atoms with Crippen LogP contribution in [-0.4, -0.2) is 27.0 Å². The summed E-state index contributed by atoms with van der Waals surface area (Å²) < 4.78 is 33.4. The van der Waals surface area contributed by atoms with E-state index in [-0.39, 0.29) is 11.5 Å². The Bertz CT molecular complexity index is 838. The predicted molar refractivity (Wildman–Crippen MR) is 109 cm³/mol. The van der Waals surface area contributed by atoms with E-state index in [4.69, 9.17) is 4.74 Å². The molecule has 2 aromatic rings. The number of alkyl halides is 1. The standard InChI is InChI=1S/C20H24BrNO4S/c1-3-4-14-26-20(23)19(18(21)16-8-6-5-7-9-16)22-27(24,25)17-12-10-15(2)11-13-17/h5-13,18-19,22H,3-4,14H2,1-2H3. The fraction of sp³-hybridized carbons (Fsp3) is 0.350. The van der Waals surface area contributed by atoms with E-state index in [1.165, 1.54) is 12.1 Å². The molecule has 2 aromatic carbocycles. The Labute approximate surface area is 169 Å². The third-order valence-electron chi connectivity index (χ3n) is 4.02. The summed E-state index contributed by atoms with van der Waals surface area (Å²) in [6.45, 7) is 4.12. The normalized spacial score (nSPS) is 13.7. The van der Waals surface area contributed by atoms with Crippen molar-refractivity contribution in [3.63, 3.8) is 0 Å². The summed E-state index contributed by atoms with van der Waals surface area (Å²) in [4.78, 5) is 12.2. The van der Waals surface area contributed by atoms with Gasteiger partial charge >= 0.3 is 5.97 Å². The van der Waals surface area contributed by atoms with E-state index in [9.17, 15) is 13.2 Å². The second-order valence-corrected chi connectivity index (χ2v) is 8.95. The van der Waals surface area contributed by atoms with Crippen LogP contribution in [0.15, 0.2) is 59.5 Å². The molecule has 0 aliphatic rings. The topological polar surface area (TPSA) is 72.5 Å². The SMILES string of the molecule is CCCCOC(=O)C(NS(=O)(=O)c1ccc(C)cc1)C(Br)c1ccccc1. The molecule has 27 heavy (non-hydrogen) atoms. The number of halogens is 1. The number of esters is 1. The molecule has 0 aliphatic heterocycles. The highest BCUT2D eigenvalue weighted by molar-refractivity contribution is 9.09. The van der Waals surface area contributed by atoms with E-state index < -0.39 is 26.9 Å². The molecule has 5 nitrogen and oxygen atoms in total. The third kappa shape index (κ3) is 6.16. The highest BCUT2D eigenvalue weighted by atomic mass is 79.9. The Morgan fingerprint density at radius 2 is 1.74 bits per heavy atom. The fourth-order valence-corrected chi connectivity index (χ4v) is 4.44. The van der Waals surface area contributed by atoms with E-state index >= 15 is 0 Å². The Hall–Kier alpha value is -1.70. The van der Waals surface area contributed by atoms with Crippen LogP contribution in [0, 0.1) is 6.92 Å². The predicted octanol–water partition coefficient (Wildman–Crippen LogP) is 4.12. The van der Waals surface area contributed by atoms with Crippen LogP contribution >= 0.6 is 15.9 Å². The quantitative estimate of drug-likeness (QED) is 0.352. The molecule has 0 fully saturated rings. The Kier molecular flexibility index (Phi) is 8.01. The van der Waals surface area contributed by atoms with Gasteiger partial charge in [-0.05, 0) is 31.0 Å². The van der Waals surface area contributed by atoms with Crippen molar-refractivity contribution >= 4 is 31.9 Å². The fourth-order valence-electron chi connectivity index (χ4n) is 2.42. The lowest BCUT2D eigenvalue weighted by Crippen LogP contribution is -2.44. The Balaban J connectivity index is 2.28. The number of ether oxygens (including phenoxy) is 1. The van der Waals surface area contributed by atoms with Crippen molar-refractivity contribution in [1.82, 2.24) is 4.72 Å². The average Bonchev–Trinajstić information content (AvgIpc) is 2.67. The second-order valence-electron chi connectivity index (χ2n) is 6.25. The zero-order chi connectivity index (χ0) is 19.9. The molecule has 0 aromatic heterocycles. The number of benzene rings is 2. The minimum Gasteiger partial charge on any atom is -0.464 e. The Morgan fingerprint density at radius 3 is 2.33 bits per heavy atom. The van der Waals surface area contributed by atoms with E-state index in [1.54, 1.807) is 12.1 Å². The lowest BCUT2D eigenvalue weighted by atomic mass is 10.1. The zero-order valence-corrected chi connectivity index (χ0v) is 17.8. The molecule has 0 heterocycles. The van der Waals surface area contributed by atoms with Crippen LogP contribution in [0.2, 0.25) is 0 Å². The summed E-state index contributed by atoms with van der Waals surface area (Å²) in [6.07, 6.45) is 1.60. The molecule has 0 aliphatic carbocycles. The number of rotatable bonds is 9. The summed E-state index contributed by atoms with van der Waals surface area (Å²) >= 11 is 3.47. The molecule has 2 atom stereocenters. The summed E-state index contributed by atoms with van der Waals surface area (Å²) in [6, 6.07) is 14.5. The Morgan fingerprint density at radius 1 is 1.11 bits per heavy atom. The van der Waals surface area contributed by atoms with Gasteiger partial charge in [0.25, 0.3) is 0 Å². The van der Waals surface area contributed by atoms with Gasteiger partial charge in [0.2, 0.25) is 10.0 Å². The van der Waals surface area contributed by atoms with Crippen molar-refractivity contribution in [1.29, 1.82) is 0 Å². The van der Waals surface area contributed by atoms with Gasteiger partial charge in [-0.25, -0.2) is 8.42 Å². The molecule has 0 spiro atoms. The molecule has 2 rings (SSSR count). The van der Waals surface area contributed by atoms with Crippen LogP contribution in [0.5, 0.6) is 0 Å². The number of carbonyl (C=O) groups is 1. The van der Waals surface area contributed by atoms with Gasteiger partial charge in [-0.1, -0.05) is 77.3 Å². The van der Waals surface area contributed by atoms with Crippen molar-refractivity contribution in [3.05, 3.63) is 65.7 Å². The molecule has 0 radical (unpaired) electrons. The first-order chi connectivity index (χ1) is 12.8. The molecule has 0 bridgehead atoms. The first kappa shape index (κ1) is 21.6. The summed E-state index contributed by atoms with van der Waals surface area (Å²) in [5.74, 6) is -0.607. The van der Waals surface area contributed by atoms with Gasteiger partial charge in [0.1, 0.15) is 6.04 Å². The molecule has 0 saturated heterocycles. The number of unbranched alkanes of at least 4 members (excludes halogenated alkanes) is 1. The van der Waals surface area contributed by atoms with Gasteiger partial charge in [-0.15, -0.1) is 0 Å². The summed E-state index contributed by atoms with van der Waals surface area (Å²) in [7, 11) is -3.89. The van der Waals surface area contributed by atoms with Gasteiger partial charge < -0.3 is 4.74 Å². The van der Waals surface area contributed by atoms with Crippen LogP contribution in [0.3, 0.4) is 0 Å². The van der Waals surface area contributed by atoms with Crippen molar-refractivity contribution in [2.24, 2.45) is 0 Å². The number of carbonyl (C=O) groups excluding carboxylic acids is 1. The number of aryl methyl sites for hydroxylation is 1. The maximum absolute atomic E-state index is 12.8. The monoisotopic (exact) mass is 453 g/mol. The third-order valence-corrected chi connectivity index (χ3v) is 6.53. The maximum Gasteiger partial charge on any atom is 0.325 e. The molecule has 7 heteroatoms. The number of hydrogen-bond acceptors (Lipinski definition) is 4. The van der Waals surface area contributed by atoms with Crippen molar-refractivity contribution in [2.75, 3.05) is 6.61 Å². The second kappa shape index (κ2) is 10.0. The number of sulfonamides is 1. The molecule has 146 valence electrons. The van der Waals surface area contributed by atoms with E-state index in [2.05, 4.69) is 20.7 Å². The van der Waals surface area contributed by atoms with Crippen molar-refractivity contribution < 1.29 is 17.9 Å². The minimum absolute atomic E-state index is 0.104. The molecule has 0 amide bonds. The van der Waals surface area contributed by atoms with Crippen molar-refractivity contribution in [2.45, 2.75) is 42.5 Å². The average molecular weight is 454 g/mol. The van der Waals surface area contributed by atoms with E-state index in [1.807, 2.05) is 44.2 Å². The van der Waals surface area contributed by atoms with Gasteiger partial charge in [0, 0.05) is 0 Å². The van der Waals surface area contributed by atoms with Crippen molar-refractivity contribution in [3.8, 4) is 0 Å². The van der Waals surface area contributed by atoms with Crippen LogP contribution in [0.4, 0.5) is 0 Å². The number of hydrogen-bond donors (Lipinski definition) is 1. The molecule has 0 saturated carbocycles. The lowest BCUT2D eigenvalue weighted by molar-refractivity contribution is -0.145. The van der Waals surface area contributed by atoms with Gasteiger partial charge in [-0.3, -0.25) is 4.79 Å². The van der Waals surface area contributed by atoms with E-state index in [0.29, 0.717) is 0 Å². The highest BCUT2D eigenvalue weighted by Crippen LogP contribution is 2.28.